The van der Waals surface area contributed by atoms with Crippen LogP contribution < -0.4 is 0 Å². The highest BCUT2D eigenvalue weighted by molar-refractivity contribution is 5.82. The van der Waals surface area contributed by atoms with Crippen molar-refractivity contribution in [2.45, 2.75) is 45.6 Å². The third kappa shape index (κ3) is 5.60. The maximum atomic E-state index is 12.3. The molecule has 4 aromatic rings. The molecule has 3 aromatic carbocycles. The van der Waals surface area contributed by atoms with Gasteiger partial charge in [0.15, 0.2) is 0 Å². The van der Waals surface area contributed by atoms with Crippen LogP contribution in [0.4, 0.5) is 0 Å². The van der Waals surface area contributed by atoms with E-state index >= 15 is 0 Å². The molecular weight excluding hydrogens is 422 g/mol. The molecule has 0 bridgehead atoms. The predicted octanol–water partition coefficient (Wildman–Crippen LogP) is 5.62. The molecule has 0 amide bonds. The van der Waals surface area contributed by atoms with Crippen LogP contribution >= 0.6 is 0 Å². The van der Waals surface area contributed by atoms with Gasteiger partial charge in [0.05, 0.1) is 24.3 Å². The van der Waals surface area contributed by atoms with Crippen LogP contribution in [0.25, 0.3) is 11.1 Å². The number of ether oxygens (including phenoxy) is 1. The highest BCUT2D eigenvalue weighted by Crippen LogP contribution is 2.28. The zero-order chi connectivity index (χ0) is 24.0. The summed E-state index contributed by atoms with van der Waals surface area (Å²) in [4.78, 5) is 12.3. The van der Waals surface area contributed by atoms with Crippen molar-refractivity contribution in [1.82, 2.24) is 15.0 Å². The van der Waals surface area contributed by atoms with E-state index in [1.165, 1.54) is 11.1 Å². The second-order valence-corrected chi connectivity index (χ2v) is 9.01. The van der Waals surface area contributed by atoms with E-state index in [0.717, 1.165) is 41.8 Å². The van der Waals surface area contributed by atoms with Crippen molar-refractivity contribution in [3.05, 3.63) is 107 Å². The molecule has 5 nitrogen and oxygen atoms in total. The van der Waals surface area contributed by atoms with Crippen LogP contribution in [0.3, 0.4) is 0 Å². The van der Waals surface area contributed by atoms with E-state index in [-0.39, 0.29) is 5.97 Å². The smallest absolute Gasteiger partial charge is 0.315 e. The van der Waals surface area contributed by atoms with Gasteiger partial charge in [0.2, 0.25) is 0 Å². The fourth-order valence-electron chi connectivity index (χ4n) is 3.95. The lowest BCUT2D eigenvalue weighted by Gasteiger charge is -2.23. The first-order chi connectivity index (χ1) is 16.5. The van der Waals surface area contributed by atoms with Gasteiger partial charge in [-0.2, -0.15) is 0 Å². The average Bonchev–Trinajstić information content (AvgIpc) is 3.31. The Morgan fingerprint density at radius 3 is 2.15 bits per heavy atom. The number of benzene rings is 3. The Labute approximate surface area is 201 Å². The lowest BCUT2D eigenvalue weighted by Crippen LogP contribution is -2.31. The maximum Gasteiger partial charge on any atom is 0.315 e. The molecule has 1 aromatic heterocycles. The van der Waals surface area contributed by atoms with Gasteiger partial charge in [0.1, 0.15) is 0 Å². The molecule has 0 aliphatic heterocycles. The molecule has 0 fully saturated rings. The molecule has 0 unspecified atom stereocenters. The van der Waals surface area contributed by atoms with E-state index in [2.05, 4.69) is 58.8 Å². The van der Waals surface area contributed by atoms with Crippen molar-refractivity contribution in [3.8, 4) is 11.1 Å². The number of esters is 1. The molecule has 0 spiro atoms. The lowest BCUT2D eigenvalue weighted by atomic mass is 9.84. The van der Waals surface area contributed by atoms with Gasteiger partial charge in [0.25, 0.3) is 0 Å². The second-order valence-electron chi connectivity index (χ2n) is 9.01. The minimum Gasteiger partial charge on any atom is -0.465 e. The van der Waals surface area contributed by atoms with Crippen molar-refractivity contribution >= 4 is 5.97 Å². The van der Waals surface area contributed by atoms with Crippen molar-refractivity contribution in [3.63, 3.8) is 0 Å². The summed E-state index contributed by atoms with van der Waals surface area (Å²) in [5.41, 5.74) is 6.04. The van der Waals surface area contributed by atoms with Crippen molar-refractivity contribution in [2.24, 2.45) is 0 Å². The van der Waals surface area contributed by atoms with Gasteiger partial charge in [-0.05, 0) is 61.4 Å². The molecule has 5 heteroatoms. The molecule has 0 aliphatic rings. The molecule has 1 heterocycles. The molecule has 34 heavy (non-hydrogen) atoms. The third-order valence-corrected chi connectivity index (χ3v) is 6.12. The number of carbonyl (C=O) groups excluding carboxylic acids is 1. The Bertz CT molecular complexity index is 1210. The van der Waals surface area contributed by atoms with Crippen LogP contribution in [-0.2, 0) is 34.3 Å². The first-order valence-electron chi connectivity index (χ1n) is 11.8. The molecule has 0 atom stereocenters. The number of carbonyl (C=O) groups is 1. The van der Waals surface area contributed by atoms with Crippen LogP contribution in [0.2, 0.25) is 0 Å². The van der Waals surface area contributed by atoms with Crippen LogP contribution in [0.15, 0.2) is 85.1 Å². The van der Waals surface area contributed by atoms with Crippen molar-refractivity contribution in [2.75, 3.05) is 6.61 Å². The summed E-state index contributed by atoms with van der Waals surface area (Å²) in [7, 11) is 0. The molecule has 0 N–H and O–H groups in total. The second kappa shape index (κ2) is 10.5. The lowest BCUT2D eigenvalue weighted by molar-refractivity contribution is -0.148. The summed E-state index contributed by atoms with van der Waals surface area (Å²) in [5, 5.41) is 8.59. The highest BCUT2D eigenvalue weighted by Gasteiger charge is 2.31. The summed E-state index contributed by atoms with van der Waals surface area (Å²) in [6.45, 7) is 6.75. The van der Waals surface area contributed by atoms with E-state index in [0.29, 0.717) is 6.61 Å². The summed E-state index contributed by atoms with van der Waals surface area (Å²) in [5.74, 6) is -0.202. The Morgan fingerprint density at radius 1 is 0.853 bits per heavy atom. The summed E-state index contributed by atoms with van der Waals surface area (Å²) in [6.07, 6.45) is 3.80. The van der Waals surface area contributed by atoms with E-state index in [4.69, 9.17) is 4.74 Å². The van der Waals surface area contributed by atoms with Crippen molar-refractivity contribution in [1.29, 1.82) is 0 Å². The molecule has 0 saturated heterocycles. The van der Waals surface area contributed by atoms with Crippen LogP contribution in [0.1, 0.15) is 43.2 Å². The fourth-order valence-corrected chi connectivity index (χ4v) is 3.95. The zero-order valence-corrected chi connectivity index (χ0v) is 20.1. The fraction of sp³-hybridized carbons (Fsp3) is 0.276. The molecule has 0 aliphatic carbocycles. The highest BCUT2D eigenvalue weighted by atomic mass is 16.5. The first kappa shape index (κ1) is 23.4. The molecule has 4 rings (SSSR count). The quantitative estimate of drug-likeness (QED) is 0.309. The first-order valence-corrected chi connectivity index (χ1v) is 11.8. The van der Waals surface area contributed by atoms with Gasteiger partial charge < -0.3 is 4.74 Å². The molecule has 0 saturated carbocycles. The monoisotopic (exact) mass is 453 g/mol. The maximum absolute atomic E-state index is 12.3. The van der Waals surface area contributed by atoms with Crippen LogP contribution in [-0.4, -0.2) is 27.6 Å². The van der Waals surface area contributed by atoms with E-state index < -0.39 is 5.41 Å². The van der Waals surface area contributed by atoms with Gasteiger partial charge in [-0.1, -0.05) is 84.1 Å². The summed E-state index contributed by atoms with van der Waals surface area (Å²) < 4.78 is 7.11. The normalized spacial score (nSPS) is 11.4. The van der Waals surface area contributed by atoms with Crippen molar-refractivity contribution < 1.29 is 9.53 Å². The summed E-state index contributed by atoms with van der Waals surface area (Å²) in [6, 6.07) is 27.1. The van der Waals surface area contributed by atoms with Gasteiger partial charge in [0, 0.05) is 6.20 Å². The van der Waals surface area contributed by atoms with Crippen LogP contribution in [0, 0.1) is 0 Å². The van der Waals surface area contributed by atoms with E-state index in [1.807, 2.05) is 62.0 Å². The van der Waals surface area contributed by atoms with Gasteiger partial charge in [-0.3, -0.25) is 4.79 Å². The standard InChI is InChI=1S/C29H31N3O2/c1-4-34-28(33)29(2,3)26-17-15-25(16-18-26)24-13-10-22(11-14-24)12-19-27-21-32(31-30-27)20-23-8-6-5-7-9-23/h5-11,13-18,21H,4,12,19-20H2,1-3H3. The molecule has 0 radical (unpaired) electrons. The van der Waals surface area contributed by atoms with Gasteiger partial charge >= 0.3 is 5.97 Å². The minimum atomic E-state index is -0.665. The van der Waals surface area contributed by atoms with Crippen LogP contribution in [0.5, 0.6) is 0 Å². The van der Waals surface area contributed by atoms with E-state index in [1.54, 1.807) is 0 Å². The average molecular weight is 454 g/mol. The van der Waals surface area contributed by atoms with Gasteiger partial charge in [-0.25, -0.2) is 4.68 Å². The predicted molar refractivity (Wildman–Crippen MR) is 135 cm³/mol. The minimum absolute atomic E-state index is 0.202. The topological polar surface area (TPSA) is 57.0 Å². The SMILES string of the molecule is CCOC(=O)C(C)(C)c1ccc(-c2ccc(CCc3cn(Cc4ccccc4)nn3)cc2)cc1. The Morgan fingerprint density at radius 2 is 1.50 bits per heavy atom. The number of aromatic nitrogens is 3. The number of aryl methyl sites for hydroxylation is 2. The zero-order valence-electron chi connectivity index (χ0n) is 20.1. The summed E-state index contributed by atoms with van der Waals surface area (Å²) >= 11 is 0. The largest absolute Gasteiger partial charge is 0.465 e. The molecule has 174 valence electrons. The van der Waals surface area contributed by atoms with Gasteiger partial charge in [-0.15, -0.1) is 5.10 Å². The Kier molecular flexibility index (Phi) is 7.21. The number of rotatable bonds is 9. The Hall–Kier alpha value is -3.73. The van der Waals surface area contributed by atoms with E-state index in [9.17, 15) is 4.79 Å². The molecular formula is C29H31N3O2. The Balaban J connectivity index is 1.35. The third-order valence-electron chi connectivity index (χ3n) is 6.12. The number of nitrogens with zero attached hydrogens (tertiary/aromatic N) is 3. The number of hydrogen-bond acceptors (Lipinski definition) is 4. The number of hydrogen-bond donors (Lipinski definition) is 0.